The van der Waals surface area contributed by atoms with E-state index in [1.165, 1.54) is 18.1 Å². The molecule has 2 aromatic heterocycles. The number of aromatic nitrogens is 3. The molecule has 1 aliphatic rings. The summed E-state index contributed by atoms with van der Waals surface area (Å²) < 4.78 is 24.9. The molecule has 8 nitrogen and oxygen atoms in total. The highest BCUT2D eigenvalue weighted by atomic mass is 19.1. The maximum atomic E-state index is 14.3. The largest absolute Gasteiger partial charge is 0.494 e. The average molecular weight is 452 g/mol. The lowest BCUT2D eigenvalue weighted by atomic mass is 10.1. The maximum Gasteiger partial charge on any atom is 0.260 e. The van der Waals surface area contributed by atoms with Gasteiger partial charge in [0.2, 0.25) is 5.88 Å². The third-order valence-electron chi connectivity index (χ3n) is 5.53. The minimum absolute atomic E-state index is 0.0879. The van der Waals surface area contributed by atoms with E-state index in [1.807, 2.05) is 13.0 Å². The van der Waals surface area contributed by atoms with Gasteiger partial charge in [0.1, 0.15) is 5.82 Å². The van der Waals surface area contributed by atoms with Gasteiger partial charge in [-0.05, 0) is 37.1 Å². The summed E-state index contributed by atoms with van der Waals surface area (Å²) in [5.74, 6) is 1.17. The lowest BCUT2D eigenvalue weighted by Gasteiger charge is -2.20. The Balaban J connectivity index is 1.67. The van der Waals surface area contributed by atoms with E-state index < -0.39 is 5.82 Å². The number of pyridine rings is 1. The summed E-state index contributed by atoms with van der Waals surface area (Å²) in [6.07, 6.45) is 3.18. The van der Waals surface area contributed by atoms with Crippen LogP contribution in [0, 0.1) is 5.82 Å². The molecular formula is C24H26FN5O3. The van der Waals surface area contributed by atoms with Gasteiger partial charge < -0.3 is 19.3 Å². The molecule has 0 N–H and O–H groups in total. The number of benzene rings is 1. The quantitative estimate of drug-likeness (QED) is 0.545. The third kappa shape index (κ3) is 4.57. The van der Waals surface area contributed by atoms with Crippen LogP contribution in [0.15, 0.2) is 36.5 Å². The van der Waals surface area contributed by atoms with Gasteiger partial charge in [-0.2, -0.15) is 0 Å². The number of ether oxygens (including phenoxy) is 2. The molecule has 3 aromatic rings. The molecule has 0 unspecified atom stereocenters. The Morgan fingerprint density at radius 3 is 2.73 bits per heavy atom. The SMILES string of the molecule is CCc1nc(-c2ccc(OC)c(F)c2)nc2c1CCN2c1ccnc(OCC(=O)N(C)C)c1. The predicted molar refractivity (Wildman–Crippen MR) is 122 cm³/mol. The number of hydrogen-bond donors (Lipinski definition) is 0. The summed E-state index contributed by atoms with van der Waals surface area (Å²) in [5, 5.41) is 0. The van der Waals surface area contributed by atoms with Crippen molar-refractivity contribution in [3.8, 4) is 23.0 Å². The van der Waals surface area contributed by atoms with Gasteiger partial charge in [0.25, 0.3) is 5.91 Å². The number of fused-ring (bicyclic) bond motifs is 1. The number of nitrogens with zero attached hydrogens (tertiary/aromatic N) is 5. The molecule has 33 heavy (non-hydrogen) atoms. The Hall–Kier alpha value is -3.75. The van der Waals surface area contributed by atoms with E-state index >= 15 is 0 Å². The molecule has 0 saturated carbocycles. The number of aryl methyl sites for hydroxylation is 1. The molecule has 3 heterocycles. The van der Waals surface area contributed by atoms with Gasteiger partial charge in [-0.25, -0.2) is 19.3 Å². The van der Waals surface area contributed by atoms with Crippen LogP contribution >= 0.6 is 0 Å². The van der Waals surface area contributed by atoms with Crippen molar-refractivity contribution in [2.24, 2.45) is 0 Å². The summed E-state index contributed by atoms with van der Waals surface area (Å²) in [6.45, 7) is 2.68. The molecule has 4 rings (SSSR count). The van der Waals surface area contributed by atoms with Gasteiger partial charge in [-0.15, -0.1) is 0 Å². The number of carbonyl (C=O) groups excluding carboxylic acids is 1. The minimum Gasteiger partial charge on any atom is -0.494 e. The van der Waals surface area contributed by atoms with E-state index in [9.17, 15) is 9.18 Å². The van der Waals surface area contributed by atoms with Gasteiger partial charge in [0.05, 0.1) is 7.11 Å². The standard InChI is InChI=1S/C24H26FN5O3/c1-5-19-17-9-11-30(16-8-10-26-21(13-16)33-14-22(31)29(2)3)24(17)28-23(27-19)15-6-7-20(32-4)18(25)12-15/h6-8,10,12-13H,5,9,11,14H2,1-4H3. The first-order valence-electron chi connectivity index (χ1n) is 10.7. The topological polar surface area (TPSA) is 80.7 Å². The minimum atomic E-state index is -0.461. The van der Waals surface area contributed by atoms with Crippen molar-refractivity contribution in [3.63, 3.8) is 0 Å². The lowest BCUT2D eigenvalue weighted by molar-refractivity contribution is -0.130. The van der Waals surface area contributed by atoms with Crippen LogP contribution in [0.4, 0.5) is 15.9 Å². The molecule has 172 valence electrons. The van der Waals surface area contributed by atoms with E-state index in [0.29, 0.717) is 17.3 Å². The van der Waals surface area contributed by atoms with Crippen molar-refractivity contribution in [2.75, 3.05) is 39.3 Å². The average Bonchev–Trinajstić information content (AvgIpc) is 3.26. The molecule has 1 aromatic carbocycles. The number of amides is 1. The summed E-state index contributed by atoms with van der Waals surface area (Å²) in [5.41, 5.74) is 3.45. The number of rotatable bonds is 7. The Morgan fingerprint density at radius 1 is 1.21 bits per heavy atom. The highest BCUT2D eigenvalue weighted by molar-refractivity contribution is 5.77. The second kappa shape index (κ2) is 9.40. The number of hydrogen-bond acceptors (Lipinski definition) is 7. The highest BCUT2D eigenvalue weighted by Gasteiger charge is 2.27. The number of carbonyl (C=O) groups is 1. The van der Waals surface area contributed by atoms with Crippen LogP contribution in [0.25, 0.3) is 11.4 Å². The number of halogens is 1. The first-order chi connectivity index (χ1) is 15.9. The van der Waals surface area contributed by atoms with E-state index in [2.05, 4.69) is 9.88 Å². The van der Waals surface area contributed by atoms with Crippen LogP contribution in [0.1, 0.15) is 18.2 Å². The van der Waals surface area contributed by atoms with Crippen molar-refractivity contribution in [2.45, 2.75) is 19.8 Å². The van der Waals surface area contributed by atoms with E-state index in [4.69, 9.17) is 19.4 Å². The maximum absolute atomic E-state index is 14.3. The zero-order chi connectivity index (χ0) is 23.5. The van der Waals surface area contributed by atoms with Crippen molar-refractivity contribution in [3.05, 3.63) is 53.6 Å². The van der Waals surface area contributed by atoms with Crippen LogP contribution < -0.4 is 14.4 Å². The number of anilines is 2. The zero-order valence-electron chi connectivity index (χ0n) is 19.1. The highest BCUT2D eigenvalue weighted by Crippen LogP contribution is 2.37. The normalized spacial score (nSPS) is 12.5. The lowest BCUT2D eigenvalue weighted by Crippen LogP contribution is -2.27. The Labute approximate surface area is 192 Å². The second-order valence-corrected chi connectivity index (χ2v) is 7.83. The summed E-state index contributed by atoms with van der Waals surface area (Å²) in [6, 6.07) is 8.38. The van der Waals surface area contributed by atoms with Crippen molar-refractivity contribution >= 4 is 17.4 Å². The molecule has 0 bridgehead atoms. The predicted octanol–water partition coefficient (Wildman–Crippen LogP) is 3.41. The fourth-order valence-electron chi connectivity index (χ4n) is 3.72. The second-order valence-electron chi connectivity index (χ2n) is 7.83. The van der Waals surface area contributed by atoms with E-state index in [0.717, 1.165) is 42.1 Å². The fraction of sp³-hybridized carbons (Fsp3) is 0.333. The van der Waals surface area contributed by atoms with Crippen LogP contribution in [-0.2, 0) is 17.6 Å². The molecule has 0 fully saturated rings. The molecule has 1 amide bonds. The number of likely N-dealkylation sites (N-methyl/N-ethyl adjacent to an activating group) is 1. The van der Waals surface area contributed by atoms with Crippen molar-refractivity contribution < 1.29 is 18.7 Å². The van der Waals surface area contributed by atoms with Crippen molar-refractivity contribution in [1.29, 1.82) is 0 Å². The monoisotopic (exact) mass is 451 g/mol. The molecule has 9 heteroatoms. The first kappa shape index (κ1) is 22.4. The molecule has 1 aliphatic heterocycles. The van der Waals surface area contributed by atoms with E-state index in [1.54, 1.807) is 38.5 Å². The smallest absolute Gasteiger partial charge is 0.260 e. The molecular weight excluding hydrogens is 425 g/mol. The van der Waals surface area contributed by atoms with E-state index in [-0.39, 0.29) is 18.3 Å². The Morgan fingerprint density at radius 2 is 2.03 bits per heavy atom. The molecule has 0 saturated heterocycles. The Bertz CT molecular complexity index is 1180. The molecule has 0 aliphatic carbocycles. The van der Waals surface area contributed by atoms with Crippen LogP contribution in [-0.4, -0.2) is 60.1 Å². The zero-order valence-corrected chi connectivity index (χ0v) is 19.1. The molecule has 0 atom stereocenters. The van der Waals surface area contributed by atoms with Crippen LogP contribution in [0.3, 0.4) is 0 Å². The first-order valence-corrected chi connectivity index (χ1v) is 10.7. The molecule has 0 spiro atoms. The van der Waals surface area contributed by atoms with Gasteiger partial charge in [0, 0.05) is 55.4 Å². The van der Waals surface area contributed by atoms with Crippen molar-refractivity contribution in [1.82, 2.24) is 19.9 Å². The van der Waals surface area contributed by atoms with Gasteiger partial charge in [-0.3, -0.25) is 4.79 Å². The summed E-state index contributed by atoms with van der Waals surface area (Å²) in [4.78, 5) is 29.1. The van der Waals surface area contributed by atoms with Crippen LogP contribution in [0.2, 0.25) is 0 Å². The number of methoxy groups -OCH3 is 1. The van der Waals surface area contributed by atoms with Gasteiger partial charge in [0.15, 0.2) is 24.0 Å². The summed E-state index contributed by atoms with van der Waals surface area (Å²) in [7, 11) is 4.78. The molecule has 0 radical (unpaired) electrons. The summed E-state index contributed by atoms with van der Waals surface area (Å²) >= 11 is 0. The van der Waals surface area contributed by atoms with Gasteiger partial charge in [-0.1, -0.05) is 6.92 Å². The third-order valence-corrected chi connectivity index (χ3v) is 5.53. The Kier molecular flexibility index (Phi) is 6.39. The fourth-order valence-corrected chi connectivity index (χ4v) is 3.72. The van der Waals surface area contributed by atoms with Gasteiger partial charge >= 0.3 is 0 Å². The van der Waals surface area contributed by atoms with Crippen LogP contribution in [0.5, 0.6) is 11.6 Å².